The average molecular weight is 181 g/mol. The lowest BCUT2D eigenvalue weighted by Crippen LogP contribution is -1.91. The van der Waals surface area contributed by atoms with Crippen LogP contribution in [0.1, 0.15) is 65.2 Å². The fourth-order valence-electron chi connectivity index (χ4n) is 1.43. The smallest absolute Gasteiger partial charge is 0.0621 e. The molecule has 0 spiro atoms. The van der Waals surface area contributed by atoms with E-state index in [1.165, 1.54) is 38.5 Å². The highest BCUT2D eigenvalue weighted by Crippen LogP contribution is 2.13. The molecular weight excluding hydrogens is 158 g/mol. The molecule has 0 aromatic rings. The van der Waals surface area contributed by atoms with Gasteiger partial charge in [0.2, 0.25) is 0 Å². The summed E-state index contributed by atoms with van der Waals surface area (Å²) in [4.78, 5) is 0. The number of unbranched alkanes of at least 4 members (excludes halogenated alkanes) is 5. The third kappa shape index (κ3) is 9.40. The normalized spacial score (nSPS) is 12.4. The van der Waals surface area contributed by atoms with E-state index in [1.54, 1.807) is 0 Å². The van der Waals surface area contributed by atoms with Gasteiger partial charge < -0.3 is 0 Å². The van der Waals surface area contributed by atoms with Crippen LogP contribution >= 0.6 is 0 Å². The Balaban J connectivity index is 2.96. The molecule has 0 aliphatic heterocycles. The van der Waals surface area contributed by atoms with E-state index in [9.17, 15) is 0 Å². The van der Waals surface area contributed by atoms with Gasteiger partial charge in [-0.2, -0.15) is 5.26 Å². The molecule has 1 heteroatoms. The first-order valence-corrected chi connectivity index (χ1v) is 5.68. The molecule has 0 unspecified atom stereocenters. The fourth-order valence-corrected chi connectivity index (χ4v) is 1.43. The number of rotatable bonds is 8. The summed E-state index contributed by atoms with van der Waals surface area (Å²) in [6, 6.07) is 2.19. The van der Waals surface area contributed by atoms with Crippen LogP contribution in [0, 0.1) is 17.2 Å². The molecule has 0 fully saturated rings. The second kappa shape index (κ2) is 9.58. The van der Waals surface area contributed by atoms with E-state index in [2.05, 4.69) is 19.9 Å². The summed E-state index contributed by atoms with van der Waals surface area (Å²) in [5.41, 5.74) is 0. The monoisotopic (exact) mass is 181 g/mol. The first kappa shape index (κ1) is 12.5. The molecule has 0 saturated heterocycles. The lowest BCUT2D eigenvalue weighted by atomic mass is 10.00. The van der Waals surface area contributed by atoms with E-state index < -0.39 is 0 Å². The maximum Gasteiger partial charge on any atom is 0.0621 e. The largest absolute Gasteiger partial charge is 0.198 e. The zero-order valence-corrected chi connectivity index (χ0v) is 9.18. The molecule has 0 aliphatic carbocycles. The summed E-state index contributed by atoms with van der Waals surface area (Å²) in [5.74, 6) is 0.902. The number of hydrogen-bond donors (Lipinski definition) is 0. The third-order valence-electron chi connectivity index (χ3n) is 2.68. The van der Waals surface area contributed by atoms with E-state index in [0.717, 1.165) is 18.8 Å². The van der Waals surface area contributed by atoms with Crippen molar-refractivity contribution < 1.29 is 0 Å². The van der Waals surface area contributed by atoms with E-state index in [1.807, 2.05) is 0 Å². The van der Waals surface area contributed by atoms with Gasteiger partial charge in [0.15, 0.2) is 0 Å². The summed E-state index contributed by atoms with van der Waals surface area (Å²) in [7, 11) is 0. The zero-order valence-electron chi connectivity index (χ0n) is 9.18. The highest BCUT2D eigenvalue weighted by Gasteiger charge is 1.97. The number of nitriles is 1. The van der Waals surface area contributed by atoms with Crippen molar-refractivity contribution in [3.63, 3.8) is 0 Å². The number of nitrogens with zero attached hydrogens (tertiary/aromatic N) is 1. The van der Waals surface area contributed by atoms with Gasteiger partial charge in [-0.3, -0.25) is 0 Å². The summed E-state index contributed by atoms with van der Waals surface area (Å²) in [6.45, 7) is 4.59. The summed E-state index contributed by atoms with van der Waals surface area (Å²) < 4.78 is 0. The molecule has 0 aliphatic rings. The van der Waals surface area contributed by atoms with E-state index >= 15 is 0 Å². The van der Waals surface area contributed by atoms with Gasteiger partial charge in [0.05, 0.1) is 6.07 Å². The van der Waals surface area contributed by atoms with Crippen LogP contribution in [0.3, 0.4) is 0 Å². The van der Waals surface area contributed by atoms with E-state index in [4.69, 9.17) is 5.26 Å². The van der Waals surface area contributed by atoms with Crippen molar-refractivity contribution in [1.29, 1.82) is 5.26 Å². The second-order valence-corrected chi connectivity index (χ2v) is 3.98. The molecule has 0 heterocycles. The topological polar surface area (TPSA) is 23.8 Å². The zero-order chi connectivity index (χ0) is 9.94. The molecule has 13 heavy (non-hydrogen) atoms. The molecule has 0 bridgehead atoms. The minimum atomic E-state index is 0.741. The SMILES string of the molecule is CC[C@H](C)CCCCCCCC#N. The van der Waals surface area contributed by atoms with Gasteiger partial charge in [0.25, 0.3) is 0 Å². The van der Waals surface area contributed by atoms with Crippen molar-refractivity contribution in [2.24, 2.45) is 5.92 Å². The molecule has 0 N–H and O–H groups in total. The van der Waals surface area contributed by atoms with Gasteiger partial charge >= 0.3 is 0 Å². The third-order valence-corrected chi connectivity index (χ3v) is 2.68. The van der Waals surface area contributed by atoms with Crippen molar-refractivity contribution in [1.82, 2.24) is 0 Å². The van der Waals surface area contributed by atoms with Crippen LogP contribution in [0.4, 0.5) is 0 Å². The molecule has 1 atom stereocenters. The Hall–Kier alpha value is -0.510. The lowest BCUT2D eigenvalue weighted by Gasteiger charge is -2.06. The molecule has 0 amide bonds. The molecule has 0 aromatic carbocycles. The minimum absolute atomic E-state index is 0.741. The van der Waals surface area contributed by atoms with E-state index in [-0.39, 0.29) is 0 Å². The Morgan fingerprint density at radius 1 is 1.08 bits per heavy atom. The van der Waals surface area contributed by atoms with Gasteiger partial charge in [-0.1, -0.05) is 52.4 Å². The molecular formula is C12H23N. The maximum absolute atomic E-state index is 8.32. The van der Waals surface area contributed by atoms with Crippen LogP contribution in [0.15, 0.2) is 0 Å². The van der Waals surface area contributed by atoms with Gasteiger partial charge in [-0.25, -0.2) is 0 Å². The highest BCUT2D eigenvalue weighted by atomic mass is 14.2. The molecule has 0 saturated carbocycles. The van der Waals surface area contributed by atoms with Gasteiger partial charge in [-0.05, 0) is 12.3 Å². The first-order chi connectivity index (χ1) is 6.31. The minimum Gasteiger partial charge on any atom is -0.198 e. The van der Waals surface area contributed by atoms with Crippen LogP contribution in [-0.4, -0.2) is 0 Å². The average Bonchev–Trinajstić information content (AvgIpc) is 2.16. The van der Waals surface area contributed by atoms with Crippen molar-refractivity contribution in [3.05, 3.63) is 0 Å². The predicted octanol–water partition coefficient (Wildman–Crippen LogP) is 4.29. The Morgan fingerprint density at radius 2 is 1.69 bits per heavy atom. The van der Waals surface area contributed by atoms with Crippen molar-refractivity contribution in [2.75, 3.05) is 0 Å². The molecule has 0 radical (unpaired) electrons. The second-order valence-electron chi connectivity index (χ2n) is 3.98. The molecule has 0 aromatic heterocycles. The van der Waals surface area contributed by atoms with Crippen molar-refractivity contribution in [3.8, 4) is 6.07 Å². The molecule has 76 valence electrons. The lowest BCUT2D eigenvalue weighted by molar-refractivity contribution is 0.473. The van der Waals surface area contributed by atoms with Gasteiger partial charge in [-0.15, -0.1) is 0 Å². The Bertz CT molecular complexity index is 135. The Kier molecular flexibility index (Phi) is 9.20. The summed E-state index contributed by atoms with van der Waals surface area (Å²) in [6.07, 6.45) is 9.83. The quantitative estimate of drug-likeness (QED) is 0.512. The predicted molar refractivity (Wildman–Crippen MR) is 57.4 cm³/mol. The van der Waals surface area contributed by atoms with Crippen LogP contribution in [0.25, 0.3) is 0 Å². The standard InChI is InChI=1S/C12H23N/c1-3-12(2)10-8-6-4-5-7-9-11-13/h12H,3-10H2,1-2H3/t12-/m0/s1. The van der Waals surface area contributed by atoms with Crippen LogP contribution in [0.2, 0.25) is 0 Å². The fraction of sp³-hybridized carbons (Fsp3) is 0.917. The van der Waals surface area contributed by atoms with Gasteiger partial charge in [0.1, 0.15) is 0 Å². The Labute approximate surface area is 83.1 Å². The van der Waals surface area contributed by atoms with Crippen LogP contribution < -0.4 is 0 Å². The van der Waals surface area contributed by atoms with Crippen molar-refractivity contribution in [2.45, 2.75) is 65.2 Å². The van der Waals surface area contributed by atoms with Crippen molar-refractivity contribution >= 4 is 0 Å². The van der Waals surface area contributed by atoms with Crippen LogP contribution in [0.5, 0.6) is 0 Å². The molecule has 0 rings (SSSR count). The maximum atomic E-state index is 8.32. The molecule has 1 nitrogen and oxygen atoms in total. The van der Waals surface area contributed by atoms with E-state index in [0.29, 0.717) is 0 Å². The number of hydrogen-bond acceptors (Lipinski definition) is 1. The Morgan fingerprint density at radius 3 is 2.31 bits per heavy atom. The summed E-state index contributed by atoms with van der Waals surface area (Å²) in [5, 5.41) is 8.32. The van der Waals surface area contributed by atoms with Gasteiger partial charge in [0, 0.05) is 6.42 Å². The first-order valence-electron chi connectivity index (χ1n) is 5.68. The summed E-state index contributed by atoms with van der Waals surface area (Å²) >= 11 is 0. The van der Waals surface area contributed by atoms with Crippen LogP contribution in [-0.2, 0) is 0 Å². The highest BCUT2D eigenvalue weighted by molar-refractivity contribution is 4.67.